The van der Waals surface area contributed by atoms with Crippen LogP contribution in [0.5, 0.6) is 0 Å². The molecule has 0 bridgehead atoms. The molecular formula is C18H23FN2. The number of aromatic nitrogens is 1. The summed E-state index contributed by atoms with van der Waals surface area (Å²) in [6.07, 6.45) is 6.64. The molecule has 2 N–H and O–H groups in total. The summed E-state index contributed by atoms with van der Waals surface area (Å²) in [6, 6.07) is 6.96. The fourth-order valence-electron chi connectivity index (χ4n) is 3.69. The van der Waals surface area contributed by atoms with Crippen molar-refractivity contribution in [2.75, 3.05) is 6.54 Å². The molecular weight excluding hydrogens is 263 g/mol. The highest BCUT2D eigenvalue weighted by molar-refractivity contribution is 5.82. The van der Waals surface area contributed by atoms with Gasteiger partial charge in [-0.1, -0.05) is 6.92 Å². The van der Waals surface area contributed by atoms with Crippen LogP contribution >= 0.6 is 0 Å². The third-order valence-electron chi connectivity index (χ3n) is 5.13. The zero-order valence-corrected chi connectivity index (χ0v) is 12.6. The Morgan fingerprint density at radius 1 is 1.24 bits per heavy atom. The van der Waals surface area contributed by atoms with E-state index in [1.807, 2.05) is 6.20 Å². The molecule has 1 atom stereocenters. The van der Waals surface area contributed by atoms with Crippen LogP contribution in [0.1, 0.15) is 44.1 Å². The van der Waals surface area contributed by atoms with Crippen molar-refractivity contribution in [3.05, 3.63) is 41.8 Å². The minimum Gasteiger partial charge on any atom is -0.330 e. The SMILES string of the molecule is C[C@@H](CN)[C@H]1CC[C@@H](c2ccnc3ccc(F)cc32)CC1. The Morgan fingerprint density at radius 2 is 2.00 bits per heavy atom. The van der Waals surface area contributed by atoms with Gasteiger partial charge in [-0.3, -0.25) is 4.98 Å². The van der Waals surface area contributed by atoms with E-state index in [0.29, 0.717) is 11.8 Å². The van der Waals surface area contributed by atoms with Crippen LogP contribution in [0.3, 0.4) is 0 Å². The van der Waals surface area contributed by atoms with Crippen molar-refractivity contribution in [3.8, 4) is 0 Å². The zero-order chi connectivity index (χ0) is 14.8. The Bertz CT molecular complexity index is 618. The van der Waals surface area contributed by atoms with Gasteiger partial charge in [-0.05, 0) is 79.8 Å². The van der Waals surface area contributed by atoms with Gasteiger partial charge in [-0.25, -0.2) is 4.39 Å². The molecule has 0 unspecified atom stereocenters. The molecule has 1 aliphatic carbocycles. The number of halogens is 1. The Kier molecular flexibility index (Phi) is 4.20. The van der Waals surface area contributed by atoms with Gasteiger partial charge in [0, 0.05) is 11.6 Å². The van der Waals surface area contributed by atoms with E-state index in [2.05, 4.69) is 18.0 Å². The molecule has 1 heterocycles. The lowest BCUT2D eigenvalue weighted by atomic mass is 9.74. The fourth-order valence-corrected chi connectivity index (χ4v) is 3.69. The summed E-state index contributed by atoms with van der Waals surface area (Å²) in [5.41, 5.74) is 7.95. The third kappa shape index (κ3) is 2.93. The van der Waals surface area contributed by atoms with Crippen molar-refractivity contribution < 1.29 is 4.39 Å². The minimum atomic E-state index is -0.179. The normalized spacial score (nSPS) is 24.1. The lowest BCUT2D eigenvalue weighted by Gasteiger charge is -2.32. The monoisotopic (exact) mass is 286 g/mol. The fraction of sp³-hybridized carbons (Fsp3) is 0.500. The number of fused-ring (bicyclic) bond motifs is 1. The van der Waals surface area contributed by atoms with Crippen LogP contribution in [-0.4, -0.2) is 11.5 Å². The van der Waals surface area contributed by atoms with Crippen molar-refractivity contribution in [3.63, 3.8) is 0 Å². The summed E-state index contributed by atoms with van der Waals surface area (Å²) in [4.78, 5) is 4.35. The number of hydrogen-bond acceptors (Lipinski definition) is 2. The number of benzene rings is 1. The number of rotatable bonds is 3. The molecule has 2 aromatic rings. The van der Waals surface area contributed by atoms with E-state index >= 15 is 0 Å². The molecule has 1 fully saturated rings. The number of pyridine rings is 1. The first-order valence-corrected chi connectivity index (χ1v) is 7.93. The Balaban J connectivity index is 1.84. The summed E-state index contributed by atoms with van der Waals surface area (Å²) in [7, 11) is 0. The Labute approximate surface area is 125 Å². The van der Waals surface area contributed by atoms with Crippen LogP contribution in [0.25, 0.3) is 10.9 Å². The molecule has 0 aliphatic heterocycles. The van der Waals surface area contributed by atoms with Gasteiger partial charge in [0.05, 0.1) is 5.52 Å². The van der Waals surface area contributed by atoms with Gasteiger partial charge in [-0.2, -0.15) is 0 Å². The number of nitrogens with two attached hydrogens (primary N) is 1. The molecule has 2 nitrogen and oxygen atoms in total. The van der Waals surface area contributed by atoms with Crippen molar-refractivity contribution in [2.45, 2.75) is 38.5 Å². The second-order valence-electron chi connectivity index (χ2n) is 6.39. The first-order chi connectivity index (χ1) is 10.2. The molecule has 112 valence electrons. The lowest BCUT2D eigenvalue weighted by Crippen LogP contribution is -2.24. The molecule has 0 saturated heterocycles. The van der Waals surface area contributed by atoms with Crippen LogP contribution in [0.2, 0.25) is 0 Å². The van der Waals surface area contributed by atoms with Gasteiger partial charge < -0.3 is 5.73 Å². The quantitative estimate of drug-likeness (QED) is 0.916. The van der Waals surface area contributed by atoms with Gasteiger partial charge in [0.15, 0.2) is 0 Å². The highest BCUT2D eigenvalue weighted by Crippen LogP contribution is 2.40. The molecule has 0 radical (unpaired) electrons. The van der Waals surface area contributed by atoms with E-state index in [9.17, 15) is 4.39 Å². The van der Waals surface area contributed by atoms with Crippen molar-refractivity contribution >= 4 is 10.9 Å². The van der Waals surface area contributed by atoms with Gasteiger partial charge in [-0.15, -0.1) is 0 Å². The second-order valence-corrected chi connectivity index (χ2v) is 6.39. The first kappa shape index (κ1) is 14.5. The lowest BCUT2D eigenvalue weighted by molar-refractivity contribution is 0.250. The predicted octanol–water partition coefficient (Wildman–Crippen LogP) is 4.24. The smallest absolute Gasteiger partial charge is 0.123 e. The summed E-state index contributed by atoms with van der Waals surface area (Å²) in [5.74, 6) is 1.70. The Morgan fingerprint density at radius 3 is 2.71 bits per heavy atom. The molecule has 0 spiro atoms. The van der Waals surface area contributed by atoms with Crippen LogP contribution in [0.15, 0.2) is 30.5 Å². The van der Waals surface area contributed by atoms with Crippen LogP contribution in [0.4, 0.5) is 4.39 Å². The molecule has 1 aromatic carbocycles. The Hall–Kier alpha value is -1.48. The van der Waals surface area contributed by atoms with Crippen molar-refractivity contribution in [1.29, 1.82) is 0 Å². The standard InChI is InChI=1S/C18H23FN2/c1-12(11-20)13-2-4-14(5-3-13)16-8-9-21-18-7-6-15(19)10-17(16)18/h6-10,12-14H,2-5,11,20H2,1H3/t12-,13-,14+/m0/s1. The minimum absolute atomic E-state index is 0.179. The molecule has 1 aromatic heterocycles. The van der Waals surface area contributed by atoms with Crippen molar-refractivity contribution in [1.82, 2.24) is 4.98 Å². The average molecular weight is 286 g/mol. The van der Waals surface area contributed by atoms with Crippen LogP contribution in [-0.2, 0) is 0 Å². The second kappa shape index (κ2) is 6.10. The predicted molar refractivity (Wildman–Crippen MR) is 84.6 cm³/mol. The number of nitrogens with zero attached hydrogens (tertiary/aromatic N) is 1. The highest BCUT2D eigenvalue weighted by Gasteiger charge is 2.26. The summed E-state index contributed by atoms with van der Waals surface area (Å²) in [6.45, 7) is 3.03. The van der Waals surface area contributed by atoms with E-state index in [-0.39, 0.29) is 5.82 Å². The third-order valence-corrected chi connectivity index (χ3v) is 5.13. The van der Waals surface area contributed by atoms with Gasteiger partial charge in [0.1, 0.15) is 5.82 Å². The molecule has 3 rings (SSSR count). The van der Waals surface area contributed by atoms with Crippen LogP contribution < -0.4 is 5.73 Å². The van der Waals surface area contributed by atoms with Gasteiger partial charge >= 0.3 is 0 Å². The molecule has 1 saturated carbocycles. The van der Waals surface area contributed by atoms with E-state index in [4.69, 9.17) is 5.73 Å². The summed E-state index contributed by atoms with van der Waals surface area (Å²) < 4.78 is 13.6. The van der Waals surface area contributed by atoms with Gasteiger partial charge in [0.25, 0.3) is 0 Å². The molecule has 1 aliphatic rings. The first-order valence-electron chi connectivity index (χ1n) is 7.93. The number of hydrogen-bond donors (Lipinski definition) is 1. The average Bonchev–Trinajstić information content (AvgIpc) is 2.53. The van der Waals surface area contributed by atoms with Crippen molar-refractivity contribution in [2.24, 2.45) is 17.6 Å². The topological polar surface area (TPSA) is 38.9 Å². The largest absolute Gasteiger partial charge is 0.330 e. The molecule has 3 heteroatoms. The van der Waals surface area contributed by atoms with E-state index < -0.39 is 0 Å². The van der Waals surface area contributed by atoms with E-state index in [0.717, 1.165) is 23.4 Å². The molecule has 0 amide bonds. The van der Waals surface area contributed by atoms with Gasteiger partial charge in [0.2, 0.25) is 0 Å². The maximum Gasteiger partial charge on any atom is 0.123 e. The maximum absolute atomic E-state index is 13.6. The van der Waals surface area contributed by atoms with E-state index in [1.54, 1.807) is 12.1 Å². The maximum atomic E-state index is 13.6. The summed E-state index contributed by atoms with van der Waals surface area (Å²) in [5, 5.41) is 0.979. The summed E-state index contributed by atoms with van der Waals surface area (Å²) >= 11 is 0. The zero-order valence-electron chi connectivity index (χ0n) is 12.6. The van der Waals surface area contributed by atoms with Crippen LogP contribution in [0, 0.1) is 17.7 Å². The molecule has 21 heavy (non-hydrogen) atoms. The van der Waals surface area contributed by atoms with E-state index in [1.165, 1.54) is 37.3 Å². The highest BCUT2D eigenvalue weighted by atomic mass is 19.1.